The van der Waals surface area contributed by atoms with Gasteiger partial charge < -0.3 is 14.2 Å². The Hall–Kier alpha value is -3.89. The number of unbranched alkanes of at least 4 members (excludes halogenated alkanes) is 1. The third-order valence-corrected chi connectivity index (χ3v) is 7.43. The lowest BCUT2D eigenvalue weighted by Gasteiger charge is -2.34. The molecule has 4 nitrogen and oxygen atoms in total. The smallest absolute Gasteiger partial charge is 0.332 e. The Bertz CT molecular complexity index is 1400. The summed E-state index contributed by atoms with van der Waals surface area (Å²) in [6.07, 6.45) is 15.7. The number of aliphatic carboxylic acids is 1. The van der Waals surface area contributed by atoms with Gasteiger partial charge in [0.2, 0.25) is 0 Å². The Morgan fingerprint density at radius 2 is 1.63 bits per heavy atom. The number of pyridine rings is 1. The summed E-state index contributed by atoms with van der Waals surface area (Å²) in [7, 11) is 0. The lowest BCUT2D eigenvalue weighted by molar-refractivity contribution is -0.158. The number of hydrogen-bond acceptors (Lipinski definition) is 2. The largest absolute Gasteiger partial charge is 0.479 e. The number of benzene rings is 2. The molecule has 1 atom stereocenters. The van der Waals surface area contributed by atoms with Crippen LogP contribution in [0.3, 0.4) is 0 Å². The SMILES string of the molecule is CCCCc1c(C2(O[C@@H](CCc3ccccc3)C(=O)O)C=CC(c3ccccc3)C=C2)cn2ccccc12. The number of nitrogens with zero attached hydrogens (tertiary/aromatic N) is 1. The molecule has 0 saturated carbocycles. The molecule has 0 radical (unpaired) electrons. The number of aryl methyl sites for hydroxylation is 2. The molecular formula is C34H35NO3. The average molecular weight is 506 g/mol. The summed E-state index contributed by atoms with van der Waals surface area (Å²) in [5, 5.41) is 10.2. The highest BCUT2D eigenvalue weighted by molar-refractivity contribution is 5.72. The van der Waals surface area contributed by atoms with Crippen LogP contribution in [0.4, 0.5) is 0 Å². The number of fused-ring (bicyclic) bond motifs is 1. The molecule has 1 aliphatic rings. The fourth-order valence-corrected chi connectivity index (χ4v) is 5.38. The second kappa shape index (κ2) is 11.7. The molecule has 0 saturated heterocycles. The van der Waals surface area contributed by atoms with Crippen molar-refractivity contribution in [2.75, 3.05) is 0 Å². The van der Waals surface area contributed by atoms with Crippen LogP contribution < -0.4 is 0 Å². The molecule has 4 aromatic rings. The summed E-state index contributed by atoms with van der Waals surface area (Å²) in [4.78, 5) is 12.5. The summed E-state index contributed by atoms with van der Waals surface area (Å²) in [5.41, 5.74) is 4.70. The molecule has 1 N–H and O–H groups in total. The number of ether oxygens (including phenoxy) is 1. The lowest BCUT2D eigenvalue weighted by atomic mass is 9.82. The van der Waals surface area contributed by atoms with E-state index in [-0.39, 0.29) is 5.92 Å². The number of carboxylic acids is 1. The van der Waals surface area contributed by atoms with Gasteiger partial charge in [-0.15, -0.1) is 0 Å². The van der Waals surface area contributed by atoms with E-state index >= 15 is 0 Å². The Morgan fingerprint density at radius 1 is 0.947 bits per heavy atom. The number of rotatable bonds is 11. The van der Waals surface area contributed by atoms with Gasteiger partial charge in [-0.3, -0.25) is 0 Å². The molecule has 4 heteroatoms. The van der Waals surface area contributed by atoms with Gasteiger partial charge in [0.25, 0.3) is 0 Å². The zero-order valence-electron chi connectivity index (χ0n) is 21.9. The highest BCUT2D eigenvalue weighted by atomic mass is 16.5. The molecule has 2 aromatic heterocycles. The maximum Gasteiger partial charge on any atom is 0.332 e. The minimum absolute atomic E-state index is 0.108. The minimum atomic E-state index is -0.972. The van der Waals surface area contributed by atoms with Crippen LogP contribution in [0.5, 0.6) is 0 Å². The molecule has 38 heavy (non-hydrogen) atoms. The first-order valence-corrected chi connectivity index (χ1v) is 13.6. The van der Waals surface area contributed by atoms with Gasteiger partial charge in [-0.2, -0.15) is 0 Å². The number of aromatic nitrogens is 1. The molecule has 2 aromatic carbocycles. The van der Waals surface area contributed by atoms with Crippen LogP contribution in [0.2, 0.25) is 0 Å². The van der Waals surface area contributed by atoms with Gasteiger partial charge in [0, 0.05) is 29.4 Å². The van der Waals surface area contributed by atoms with Crippen molar-refractivity contribution in [3.8, 4) is 0 Å². The van der Waals surface area contributed by atoms with Crippen molar-refractivity contribution in [3.05, 3.63) is 138 Å². The summed E-state index contributed by atoms with van der Waals surface area (Å²) >= 11 is 0. The van der Waals surface area contributed by atoms with Crippen molar-refractivity contribution in [3.63, 3.8) is 0 Å². The molecule has 0 bridgehead atoms. The van der Waals surface area contributed by atoms with Gasteiger partial charge in [0.15, 0.2) is 6.10 Å². The van der Waals surface area contributed by atoms with Gasteiger partial charge >= 0.3 is 5.97 Å². The van der Waals surface area contributed by atoms with Crippen LogP contribution >= 0.6 is 0 Å². The summed E-state index contributed by atoms with van der Waals surface area (Å²) in [6.45, 7) is 2.19. The van der Waals surface area contributed by atoms with E-state index in [0.29, 0.717) is 12.8 Å². The van der Waals surface area contributed by atoms with Gasteiger partial charge in [0.1, 0.15) is 5.60 Å². The summed E-state index contributed by atoms with van der Waals surface area (Å²) in [6, 6.07) is 26.6. The van der Waals surface area contributed by atoms with Crippen molar-refractivity contribution < 1.29 is 14.6 Å². The van der Waals surface area contributed by atoms with Crippen molar-refractivity contribution in [1.29, 1.82) is 0 Å². The van der Waals surface area contributed by atoms with E-state index in [4.69, 9.17) is 4.74 Å². The predicted octanol–water partition coefficient (Wildman–Crippen LogP) is 7.49. The minimum Gasteiger partial charge on any atom is -0.479 e. The maximum absolute atomic E-state index is 12.5. The molecule has 0 fully saturated rings. The molecule has 0 unspecified atom stereocenters. The van der Waals surface area contributed by atoms with E-state index in [1.807, 2.05) is 54.6 Å². The van der Waals surface area contributed by atoms with Gasteiger partial charge in [-0.25, -0.2) is 4.79 Å². The number of allylic oxidation sites excluding steroid dienone is 2. The quantitative estimate of drug-likeness (QED) is 0.215. The Labute approximate surface area is 224 Å². The Morgan fingerprint density at radius 3 is 2.32 bits per heavy atom. The Kier molecular flexibility index (Phi) is 7.90. The van der Waals surface area contributed by atoms with Crippen LogP contribution in [0, 0.1) is 0 Å². The van der Waals surface area contributed by atoms with E-state index in [2.05, 4.69) is 72.3 Å². The molecule has 0 amide bonds. The number of hydrogen-bond donors (Lipinski definition) is 1. The van der Waals surface area contributed by atoms with Gasteiger partial charge in [0.05, 0.1) is 0 Å². The topological polar surface area (TPSA) is 50.9 Å². The van der Waals surface area contributed by atoms with Gasteiger partial charge in [-0.05, 0) is 66.7 Å². The van der Waals surface area contributed by atoms with Crippen molar-refractivity contribution in [2.24, 2.45) is 0 Å². The predicted molar refractivity (Wildman–Crippen MR) is 152 cm³/mol. The highest BCUT2D eigenvalue weighted by Gasteiger charge is 2.38. The standard InChI is InChI=1S/C34H35NO3/c1-2-3-16-29-30(25-35-24-11-10-17-31(29)35)34(22-20-28(21-23-34)27-14-8-5-9-15-27)38-32(33(36)37)19-18-26-12-6-4-7-13-26/h4-15,17,20-25,28,32H,2-3,16,18-19H2,1H3,(H,36,37)/t28?,32-,34?/m0/s1. The van der Waals surface area contributed by atoms with Crippen molar-refractivity contribution >= 4 is 11.5 Å². The van der Waals surface area contributed by atoms with Gasteiger partial charge in [-0.1, -0.05) is 92.2 Å². The summed E-state index contributed by atoms with van der Waals surface area (Å²) in [5.74, 6) is -0.831. The molecular weight excluding hydrogens is 470 g/mol. The second-order valence-electron chi connectivity index (χ2n) is 10.0. The van der Waals surface area contributed by atoms with E-state index in [9.17, 15) is 9.90 Å². The number of carbonyl (C=O) groups is 1. The van der Waals surface area contributed by atoms with E-state index in [1.165, 1.54) is 11.1 Å². The van der Waals surface area contributed by atoms with Crippen molar-refractivity contribution in [1.82, 2.24) is 4.40 Å². The summed E-state index contributed by atoms with van der Waals surface area (Å²) < 4.78 is 8.83. The normalized spacial score (nSPS) is 19.6. The molecule has 2 heterocycles. The zero-order chi connectivity index (χ0) is 26.4. The van der Waals surface area contributed by atoms with Crippen LogP contribution in [0.15, 0.2) is 116 Å². The fraction of sp³-hybridized carbons (Fsp3) is 0.265. The third kappa shape index (κ3) is 5.51. The molecule has 5 rings (SSSR count). The van der Waals surface area contributed by atoms with Crippen LogP contribution in [-0.2, 0) is 28.0 Å². The van der Waals surface area contributed by atoms with E-state index < -0.39 is 17.7 Å². The lowest BCUT2D eigenvalue weighted by Crippen LogP contribution is -2.37. The first-order chi connectivity index (χ1) is 18.6. The third-order valence-electron chi connectivity index (χ3n) is 7.43. The second-order valence-corrected chi connectivity index (χ2v) is 10.0. The first kappa shape index (κ1) is 25.7. The van der Waals surface area contributed by atoms with Crippen LogP contribution in [0.25, 0.3) is 5.52 Å². The van der Waals surface area contributed by atoms with Crippen LogP contribution in [0.1, 0.15) is 54.4 Å². The van der Waals surface area contributed by atoms with Crippen LogP contribution in [-0.4, -0.2) is 21.6 Å². The van der Waals surface area contributed by atoms with E-state index in [0.717, 1.165) is 35.9 Å². The van der Waals surface area contributed by atoms with Crippen molar-refractivity contribution in [2.45, 2.75) is 56.7 Å². The molecule has 194 valence electrons. The molecule has 0 aliphatic heterocycles. The first-order valence-electron chi connectivity index (χ1n) is 13.6. The number of carboxylic acid groups (broad SMARTS) is 1. The fourth-order valence-electron chi connectivity index (χ4n) is 5.38. The highest BCUT2D eigenvalue weighted by Crippen LogP contribution is 2.41. The van der Waals surface area contributed by atoms with E-state index in [1.54, 1.807) is 0 Å². The molecule has 0 spiro atoms. The maximum atomic E-state index is 12.5. The Balaban J connectivity index is 1.55. The molecule has 1 aliphatic carbocycles. The monoisotopic (exact) mass is 505 g/mol. The average Bonchev–Trinajstić information content (AvgIpc) is 3.34. The zero-order valence-corrected chi connectivity index (χ0v) is 21.9.